The first kappa shape index (κ1) is 16.2. The molecular weight excluding hydrogens is 256 g/mol. The number of hydrogen-bond acceptors (Lipinski definition) is 3. The summed E-state index contributed by atoms with van der Waals surface area (Å²) in [5.41, 5.74) is 1.80. The lowest BCUT2D eigenvalue weighted by Crippen LogP contribution is -2.38. The van der Waals surface area contributed by atoms with Crippen LogP contribution >= 0.6 is 0 Å². The first-order valence-corrected chi connectivity index (χ1v) is 6.89. The number of carbonyl (C=O) groups is 2. The Balaban J connectivity index is 2.47. The zero-order valence-electron chi connectivity index (χ0n) is 12.0. The molecule has 0 aromatic heterocycles. The van der Waals surface area contributed by atoms with E-state index in [1.54, 1.807) is 12.1 Å². The molecule has 0 aliphatic heterocycles. The number of unbranched alkanes of at least 4 members (excludes halogenated alkanes) is 1. The van der Waals surface area contributed by atoms with Gasteiger partial charge in [0.25, 0.3) is 0 Å². The molecule has 0 heterocycles. The SMILES string of the molecule is CCCCc1ccc(NC(=O)C(=O)NCC(C)O)cc1. The summed E-state index contributed by atoms with van der Waals surface area (Å²) in [5, 5.41) is 13.9. The number of hydrogen-bond donors (Lipinski definition) is 3. The summed E-state index contributed by atoms with van der Waals surface area (Å²) in [5.74, 6) is -1.48. The third-order valence-corrected chi connectivity index (χ3v) is 2.80. The molecule has 1 atom stereocenters. The van der Waals surface area contributed by atoms with Crippen LogP contribution in [0.4, 0.5) is 5.69 Å². The summed E-state index contributed by atoms with van der Waals surface area (Å²) in [6, 6.07) is 7.45. The summed E-state index contributed by atoms with van der Waals surface area (Å²) < 4.78 is 0. The highest BCUT2D eigenvalue weighted by Gasteiger charge is 2.13. The Hall–Kier alpha value is -1.88. The molecule has 0 saturated heterocycles. The summed E-state index contributed by atoms with van der Waals surface area (Å²) in [4.78, 5) is 23.0. The summed E-state index contributed by atoms with van der Waals surface area (Å²) in [6.45, 7) is 3.73. The van der Waals surface area contributed by atoms with Crippen molar-refractivity contribution in [2.24, 2.45) is 0 Å². The topological polar surface area (TPSA) is 78.4 Å². The average Bonchev–Trinajstić information content (AvgIpc) is 2.43. The molecule has 1 aromatic carbocycles. The van der Waals surface area contributed by atoms with E-state index in [1.165, 1.54) is 12.5 Å². The van der Waals surface area contributed by atoms with Gasteiger partial charge < -0.3 is 15.7 Å². The van der Waals surface area contributed by atoms with Crippen molar-refractivity contribution in [1.29, 1.82) is 0 Å². The Kier molecular flexibility index (Phi) is 6.73. The molecule has 20 heavy (non-hydrogen) atoms. The van der Waals surface area contributed by atoms with Crippen LogP contribution in [-0.2, 0) is 16.0 Å². The normalized spacial score (nSPS) is 11.8. The quantitative estimate of drug-likeness (QED) is 0.689. The Morgan fingerprint density at radius 3 is 2.40 bits per heavy atom. The van der Waals surface area contributed by atoms with Gasteiger partial charge in [-0.05, 0) is 37.5 Å². The van der Waals surface area contributed by atoms with Gasteiger partial charge in [0, 0.05) is 12.2 Å². The average molecular weight is 278 g/mol. The zero-order chi connectivity index (χ0) is 15.0. The zero-order valence-corrected chi connectivity index (χ0v) is 12.0. The molecule has 5 heteroatoms. The molecule has 110 valence electrons. The Morgan fingerprint density at radius 1 is 1.20 bits per heavy atom. The van der Waals surface area contributed by atoms with Crippen LogP contribution in [0.15, 0.2) is 24.3 Å². The number of amides is 2. The molecule has 0 saturated carbocycles. The van der Waals surface area contributed by atoms with E-state index in [0.717, 1.165) is 19.3 Å². The van der Waals surface area contributed by atoms with Gasteiger partial charge in [-0.25, -0.2) is 0 Å². The fourth-order valence-electron chi connectivity index (χ4n) is 1.64. The predicted octanol–water partition coefficient (Wildman–Crippen LogP) is 1.46. The third-order valence-electron chi connectivity index (χ3n) is 2.80. The maximum atomic E-state index is 11.6. The van der Waals surface area contributed by atoms with Crippen molar-refractivity contribution in [3.05, 3.63) is 29.8 Å². The lowest BCUT2D eigenvalue weighted by atomic mass is 10.1. The van der Waals surface area contributed by atoms with E-state index >= 15 is 0 Å². The summed E-state index contributed by atoms with van der Waals surface area (Å²) in [6.07, 6.45) is 2.61. The number of carbonyl (C=O) groups excluding carboxylic acids is 2. The predicted molar refractivity (Wildman–Crippen MR) is 78.4 cm³/mol. The van der Waals surface area contributed by atoms with Crippen molar-refractivity contribution in [2.45, 2.75) is 39.2 Å². The number of rotatable bonds is 6. The van der Waals surface area contributed by atoms with Gasteiger partial charge in [-0.2, -0.15) is 0 Å². The number of benzene rings is 1. The van der Waals surface area contributed by atoms with E-state index < -0.39 is 17.9 Å². The third kappa shape index (κ3) is 5.84. The Bertz CT molecular complexity index is 441. The lowest BCUT2D eigenvalue weighted by Gasteiger charge is -2.08. The van der Waals surface area contributed by atoms with Crippen molar-refractivity contribution in [2.75, 3.05) is 11.9 Å². The van der Waals surface area contributed by atoms with E-state index in [-0.39, 0.29) is 6.54 Å². The van der Waals surface area contributed by atoms with Gasteiger partial charge in [0.05, 0.1) is 6.10 Å². The molecule has 0 aliphatic rings. The van der Waals surface area contributed by atoms with Crippen LogP contribution in [0.1, 0.15) is 32.3 Å². The monoisotopic (exact) mass is 278 g/mol. The molecule has 3 N–H and O–H groups in total. The number of nitrogens with one attached hydrogen (secondary N) is 2. The highest BCUT2D eigenvalue weighted by Crippen LogP contribution is 2.11. The second kappa shape index (κ2) is 8.32. The first-order chi connectivity index (χ1) is 9.52. The second-order valence-electron chi connectivity index (χ2n) is 4.81. The molecule has 1 aromatic rings. The van der Waals surface area contributed by atoms with Crippen LogP contribution in [0.5, 0.6) is 0 Å². The molecular formula is C15H22N2O3. The van der Waals surface area contributed by atoms with Crippen LogP contribution in [0.25, 0.3) is 0 Å². The molecule has 0 fully saturated rings. The summed E-state index contributed by atoms with van der Waals surface area (Å²) in [7, 11) is 0. The van der Waals surface area contributed by atoms with Gasteiger partial charge in [-0.15, -0.1) is 0 Å². The molecule has 0 spiro atoms. The fraction of sp³-hybridized carbons (Fsp3) is 0.467. The molecule has 2 amide bonds. The maximum absolute atomic E-state index is 11.6. The largest absolute Gasteiger partial charge is 0.392 e. The maximum Gasteiger partial charge on any atom is 0.313 e. The molecule has 0 radical (unpaired) electrons. The fourth-order valence-corrected chi connectivity index (χ4v) is 1.64. The van der Waals surface area contributed by atoms with Crippen molar-refractivity contribution in [3.63, 3.8) is 0 Å². The van der Waals surface area contributed by atoms with Crippen molar-refractivity contribution >= 4 is 17.5 Å². The van der Waals surface area contributed by atoms with Crippen LogP contribution in [0.2, 0.25) is 0 Å². The van der Waals surface area contributed by atoms with Crippen LogP contribution in [0, 0.1) is 0 Å². The Labute approximate surface area is 119 Å². The van der Waals surface area contributed by atoms with E-state index in [0.29, 0.717) is 5.69 Å². The van der Waals surface area contributed by atoms with Crippen LogP contribution in [-0.4, -0.2) is 29.6 Å². The van der Waals surface area contributed by atoms with Gasteiger partial charge in [0.2, 0.25) is 0 Å². The minimum absolute atomic E-state index is 0.0577. The standard InChI is InChI=1S/C15H22N2O3/c1-3-4-5-12-6-8-13(9-7-12)17-15(20)14(19)16-10-11(2)18/h6-9,11,18H,3-5,10H2,1-2H3,(H,16,19)(H,17,20). The number of aryl methyl sites for hydroxylation is 1. The van der Waals surface area contributed by atoms with Crippen LogP contribution < -0.4 is 10.6 Å². The van der Waals surface area contributed by atoms with Crippen LogP contribution in [0.3, 0.4) is 0 Å². The second-order valence-corrected chi connectivity index (χ2v) is 4.81. The number of aliphatic hydroxyl groups is 1. The van der Waals surface area contributed by atoms with Crippen molar-refractivity contribution in [1.82, 2.24) is 5.32 Å². The summed E-state index contributed by atoms with van der Waals surface area (Å²) >= 11 is 0. The van der Waals surface area contributed by atoms with E-state index in [2.05, 4.69) is 17.6 Å². The Morgan fingerprint density at radius 2 is 1.85 bits per heavy atom. The highest BCUT2D eigenvalue weighted by molar-refractivity contribution is 6.39. The van der Waals surface area contributed by atoms with Gasteiger partial charge in [-0.3, -0.25) is 9.59 Å². The molecule has 5 nitrogen and oxygen atoms in total. The highest BCUT2D eigenvalue weighted by atomic mass is 16.3. The van der Waals surface area contributed by atoms with Gasteiger partial charge in [0.15, 0.2) is 0 Å². The number of anilines is 1. The van der Waals surface area contributed by atoms with Gasteiger partial charge in [-0.1, -0.05) is 25.5 Å². The van der Waals surface area contributed by atoms with Gasteiger partial charge >= 0.3 is 11.8 Å². The minimum atomic E-state index is -0.749. The molecule has 1 unspecified atom stereocenters. The lowest BCUT2D eigenvalue weighted by molar-refractivity contribution is -0.136. The number of aliphatic hydroxyl groups excluding tert-OH is 1. The first-order valence-electron chi connectivity index (χ1n) is 6.89. The minimum Gasteiger partial charge on any atom is -0.392 e. The van der Waals surface area contributed by atoms with Crippen molar-refractivity contribution < 1.29 is 14.7 Å². The molecule has 1 rings (SSSR count). The van der Waals surface area contributed by atoms with Crippen molar-refractivity contribution in [3.8, 4) is 0 Å². The van der Waals surface area contributed by atoms with Gasteiger partial charge in [0.1, 0.15) is 0 Å². The molecule has 0 bridgehead atoms. The van der Waals surface area contributed by atoms with E-state index in [9.17, 15) is 9.59 Å². The van der Waals surface area contributed by atoms with E-state index in [4.69, 9.17) is 5.11 Å². The van der Waals surface area contributed by atoms with E-state index in [1.807, 2.05) is 12.1 Å². The smallest absolute Gasteiger partial charge is 0.313 e. The molecule has 0 aliphatic carbocycles.